The first-order valence-electron chi connectivity index (χ1n) is 5.96. The molecule has 0 aliphatic heterocycles. The van der Waals surface area contributed by atoms with Crippen molar-refractivity contribution in [3.8, 4) is 0 Å². The SMILES string of the molecule is CC1CCCC(OC(C)C(C)O)(C(=O)O)C1. The zero-order valence-corrected chi connectivity index (χ0v) is 10.3. The molecule has 1 fully saturated rings. The van der Waals surface area contributed by atoms with Gasteiger partial charge in [-0.1, -0.05) is 13.3 Å². The van der Waals surface area contributed by atoms with E-state index in [4.69, 9.17) is 4.74 Å². The third kappa shape index (κ3) is 2.95. The van der Waals surface area contributed by atoms with E-state index in [0.717, 1.165) is 12.8 Å². The number of aliphatic carboxylic acids is 1. The molecule has 0 aromatic carbocycles. The smallest absolute Gasteiger partial charge is 0.335 e. The molecule has 0 saturated heterocycles. The Morgan fingerprint density at radius 2 is 2.12 bits per heavy atom. The van der Waals surface area contributed by atoms with Gasteiger partial charge in [0.1, 0.15) is 0 Å². The molecule has 16 heavy (non-hydrogen) atoms. The lowest BCUT2D eigenvalue weighted by Crippen LogP contribution is -2.48. The predicted octanol–water partition coefficient (Wildman–Crippen LogP) is 1.81. The number of aliphatic hydroxyl groups excluding tert-OH is 1. The van der Waals surface area contributed by atoms with Gasteiger partial charge in [-0.25, -0.2) is 4.79 Å². The summed E-state index contributed by atoms with van der Waals surface area (Å²) in [6.45, 7) is 5.38. The fraction of sp³-hybridized carbons (Fsp3) is 0.917. The van der Waals surface area contributed by atoms with Crippen LogP contribution in [0.15, 0.2) is 0 Å². The summed E-state index contributed by atoms with van der Waals surface area (Å²) in [5.74, 6) is -0.530. The maximum absolute atomic E-state index is 11.4. The van der Waals surface area contributed by atoms with Gasteiger partial charge in [0, 0.05) is 0 Å². The Labute approximate surface area is 96.6 Å². The van der Waals surface area contributed by atoms with Crippen LogP contribution in [0.2, 0.25) is 0 Å². The highest BCUT2D eigenvalue weighted by Crippen LogP contribution is 2.36. The molecule has 94 valence electrons. The van der Waals surface area contributed by atoms with Gasteiger partial charge in [-0.05, 0) is 39.0 Å². The highest BCUT2D eigenvalue weighted by Gasteiger charge is 2.44. The van der Waals surface area contributed by atoms with Crippen molar-refractivity contribution < 1.29 is 19.7 Å². The van der Waals surface area contributed by atoms with Crippen molar-refractivity contribution in [3.63, 3.8) is 0 Å². The molecule has 2 N–H and O–H groups in total. The van der Waals surface area contributed by atoms with Crippen LogP contribution in [0.1, 0.15) is 46.5 Å². The van der Waals surface area contributed by atoms with Crippen molar-refractivity contribution in [2.45, 2.75) is 64.3 Å². The fourth-order valence-corrected chi connectivity index (χ4v) is 2.31. The molecule has 0 radical (unpaired) electrons. The summed E-state index contributed by atoms with van der Waals surface area (Å²) in [7, 11) is 0. The van der Waals surface area contributed by atoms with Gasteiger partial charge in [-0.3, -0.25) is 0 Å². The van der Waals surface area contributed by atoms with Crippen molar-refractivity contribution in [2.24, 2.45) is 5.92 Å². The van der Waals surface area contributed by atoms with Crippen LogP contribution in [0, 0.1) is 5.92 Å². The van der Waals surface area contributed by atoms with Gasteiger partial charge in [0.05, 0.1) is 12.2 Å². The van der Waals surface area contributed by atoms with E-state index in [1.165, 1.54) is 0 Å². The van der Waals surface area contributed by atoms with Crippen molar-refractivity contribution >= 4 is 5.97 Å². The molecule has 0 bridgehead atoms. The van der Waals surface area contributed by atoms with Crippen LogP contribution >= 0.6 is 0 Å². The minimum absolute atomic E-state index is 0.367. The standard InChI is InChI=1S/C12H22O4/c1-8-5-4-6-12(7-8,11(14)15)16-10(3)9(2)13/h8-10,13H,4-7H2,1-3H3,(H,14,15). The summed E-state index contributed by atoms with van der Waals surface area (Å²) < 4.78 is 5.62. The van der Waals surface area contributed by atoms with Crippen molar-refractivity contribution in [3.05, 3.63) is 0 Å². The molecule has 1 aliphatic rings. The van der Waals surface area contributed by atoms with Crippen LogP contribution < -0.4 is 0 Å². The predicted molar refractivity (Wildman–Crippen MR) is 60.2 cm³/mol. The maximum Gasteiger partial charge on any atom is 0.335 e. The van der Waals surface area contributed by atoms with E-state index in [1.807, 2.05) is 6.92 Å². The van der Waals surface area contributed by atoms with E-state index in [2.05, 4.69) is 0 Å². The van der Waals surface area contributed by atoms with Gasteiger partial charge in [-0.2, -0.15) is 0 Å². The summed E-state index contributed by atoms with van der Waals surface area (Å²) >= 11 is 0. The Kier molecular flexibility index (Phi) is 4.33. The number of carboxylic acid groups (broad SMARTS) is 1. The molecule has 0 spiro atoms. The number of rotatable bonds is 4. The Balaban J connectivity index is 2.76. The third-order valence-electron chi connectivity index (χ3n) is 3.44. The van der Waals surface area contributed by atoms with Gasteiger partial charge in [0.2, 0.25) is 0 Å². The lowest BCUT2D eigenvalue weighted by atomic mass is 9.78. The molecule has 4 atom stereocenters. The second kappa shape index (κ2) is 5.15. The highest BCUT2D eigenvalue weighted by atomic mass is 16.5. The van der Waals surface area contributed by atoms with E-state index in [-0.39, 0.29) is 0 Å². The number of carbonyl (C=O) groups is 1. The first-order valence-corrected chi connectivity index (χ1v) is 5.96. The molecule has 1 aliphatic carbocycles. The van der Waals surface area contributed by atoms with E-state index < -0.39 is 23.8 Å². The summed E-state index contributed by atoms with van der Waals surface area (Å²) in [6, 6.07) is 0. The monoisotopic (exact) mass is 230 g/mol. The van der Waals surface area contributed by atoms with E-state index >= 15 is 0 Å². The zero-order chi connectivity index (χ0) is 12.3. The van der Waals surface area contributed by atoms with Crippen molar-refractivity contribution in [1.82, 2.24) is 0 Å². The molecule has 0 heterocycles. The molecule has 4 unspecified atom stereocenters. The molecular weight excluding hydrogens is 208 g/mol. The number of hydrogen-bond acceptors (Lipinski definition) is 3. The normalized spacial score (nSPS) is 34.4. The molecule has 1 rings (SSSR count). The Morgan fingerprint density at radius 3 is 2.56 bits per heavy atom. The highest BCUT2D eigenvalue weighted by molar-refractivity contribution is 5.77. The Morgan fingerprint density at radius 1 is 1.50 bits per heavy atom. The van der Waals surface area contributed by atoms with Crippen LogP contribution in [-0.4, -0.2) is 34.0 Å². The molecule has 0 amide bonds. The van der Waals surface area contributed by atoms with E-state index in [9.17, 15) is 15.0 Å². The quantitative estimate of drug-likeness (QED) is 0.773. The maximum atomic E-state index is 11.4. The van der Waals surface area contributed by atoms with Gasteiger partial charge in [-0.15, -0.1) is 0 Å². The van der Waals surface area contributed by atoms with Gasteiger partial charge < -0.3 is 14.9 Å². The number of aliphatic hydroxyl groups is 1. The van der Waals surface area contributed by atoms with Crippen molar-refractivity contribution in [1.29, 1.82) is 0 Å². The molecule has 0 aromatic heterocycles. The van der Waals surface area contributed by atoms with E-state index in [0.29, 0.717) is 18.8 Å². The van der Waals surface area contributed by atoms with Crippen LogP contribution in [0.25, 0.3) is 0 Å². The second-order valence-corrected chi connectivity index (χ2v) is 5.06. The summed E-state index contributed by atoms with van der Waals surface area (Å²) in [5, 5.41) is 18.7. The summed E-state index contributed by atoms with van der Waals surface area (Å²) in [4.78, 5) is 11.4. The zero-order valence-electron chi connectivity index (χ0n) is 10.3. The number of hydrogen-bond donors (Lipinski definition) is 2. The summed E-state index contributed by atoms with van der Waals surface area (Å²) in [5.41, 5.74) is -1.09. The first kappa shape index (κ1) is 13.5. The average Bonchev–Trinajstić information content (AvgIpc) is 2.17. The third-order valence-corrected chi connectivity index (χ3v) is 3.44. The second-order valence-electron chi connectivity index (χ2n) is 5.06. The molecule has 4 nitrogen and oxygen atoms in total. The Bertz CT molecular complexity index is 251. The minimum Gasteiger partial charge on any atom is -0.479 e. The lowest BCUT2D eigenvalue weighted by Gasteiger charge is -2.38. The first-order chi connectivity index (χ1) is 7.37. The van der Waals surface area contributed by atoms with Crippen molar-refractivity contribution in [2.75, 3.05) is 0 Å². The van der Waals surface area contributed by atoms with Gasteiger partial charge >= 0.3 is 5.97 Å². The lowest BCUT2D eigenvalue weighted by molar-refractivity contribution is -0.189. The van der Waals surface area contributed by atoms with E-state index in [1.54, 1.807) is 13.8 Å². The topological polar surface area (TPSA) is 66.8 Å². The molecule has 1 saturated carbocycles. The molecule has 0 aromatic rings. The average molecular weight is 230 g/mol. The number of carboxylic acids is 1. The fourth-order valence-electron chi connectivity index (χ4n) is 2.31. The van der Waals surface area contributed by atoms with Gasteiger partial charge in [0.15, 0.2) is 5.60 Å². The van der Waals surface area contributed by atoms with Crippen LogP contribution in [-0.2, 0) is 9.53 Å². The van der Waals surface area contributed by atoms with Crippen LogP contribution in [0.4, 0.5) is 0 Å². The summed E-state index contributed by atoms with van der Waals surface area (Å²) in [6.07, 6.45) is 1.93. The van der Waals surface area contributed by atoms with Crippen LogP contribution in [0.5, 0.6) is 0 Å². The van der Waals surface area contributed by atoms with Crippen LogP contribution in [0.3, 0.4) is 0 Å². The molecular formula is C12H22O4. The Hall–Kier alpha value is -0.610. The molecule has 4 heteroatoms. The largest absolute Gasteiger partial charge is 0.479 e. The van der Waals surface area contributed by atoms with Gasteiger partial charge in [0.25, 0.3) is 0 Å². The minimum atomic E-state index is -1.09. The number of ether oxygens (including phenoxy) is 1.